The number of carboxylic acids is 1. The number of ether oxygens (including phenoxy) is 1. The van der Waals surface area contributed by atoms with Crippen LogP contribution in [0.3, 0.4) is 0 Å². The van der Waals surface area contributed by atoms with Gasteiger partial charge in [-0.2, -0.15) is 0 Å². The van der Waals surface area contributed by atoms with Crippen molar-refractivity contribution in [2.45, 2.75) is 26.4 Å². The molecule has 1 aromatic carbocycles. The lowest BCUT2D eigenvalue weighted by Gasteiger charge is -2.13. The lowest BCUT2D eigenvalue weighted by Crippen LogP contribution is -2.25. The van der Waals surface area contributed by atoms with E-state index in [1.165, 1.54) is 6.92 Å². The monoisotopic (exact) mass is 237 g/mol. The molecule has 2 N–H and O–H groups in total. The Morgan fingerprint density at radius 1 is 1.47 bits per heavy atom. The van der Waals surface area contributed by atoms with E-state index in [1.54, 1.807) is 31.2 Å². The SMILES string of the molecule is CCC(Oc1cccc(NC(C)=O)c1)C(=O)O. The van der Waals surface area contributed by atoms with Crippen LogP contribution in [0.25, 0.3) is 0 Å². The van der Waals surface area contributed by atoms with Crippen molar-refractivity contribution in [2.24, 2.45) is 0 Å². The van der Waals surface area contributed by atoms with Gasteiger partial charge in [-0.25, -0.2) is 4.79 Å². The van der Waals surface area contributed by atoms with Crippen molar-refractivity contribution in [3.63, 3.8) is 0 Å². The Labute approximate surface area is 99.4 Å². The van der Waals surface area contributed by atoms with Gasteiger partial charge in [0.1, 0.15) is 5.75 Å². The zero-order valence-electron chi connectivity index (χ0n) is 9.77. The van der Waals surface area contributed by atoms with E-state index in [1.807, 2.05) is 0 Å². The molecule has 0 radical (unpaired) electrons. The van der Waals surface area contributed by atoms with Crippen molar-refractivity contribution in [3.05, 3.63) is 24.3 Å². The first-order chi connectivity index (χ1) is 8.02. The number of carboxylic acid groups (broad SMARTS) is 1. The second kappa shape index (κ2) is 5.89. The molecular weight excluding hydrogens is 222 g/mol. The molecule has 0 spiro atoms. The van der Waals surface area contributed by atoms with Gasteiger partial charge < -0.3 is 15.2 Å². The lowest BCUT2D eigenvalue weighted by atomic mass is 10.2. The van der Waals surface area contributed by atoms with Gasteiger partial charge in [0.05, 0.1) is 0 Å². The van der Waals surface area contributed by atoms with Crippen LogP contribution in [-0.4, -0.2) is 23.1 Å². The molecule has 1 unspecified atom stereocenters. The van der Waals surface area contributed by atoms with Gasteiger partial charge in [-0.3, -0.25) is 4.79 Å². The maximum atomic E-state index is 10.9. The molecule has 1 atom stereocenters. The summed E-state index contributed by atoms with van der Waals surface area (Å²) in [6.45, 7) is 3.14. The summed E-state index contributed by atoms with van der Waals surface area (Å²) in [7, 11) is 0. The minimum absolute atomic E-state index is 0.188. The van der Waals surface area contributed by atoms with Gasteiger partial charge in [0.25, 0.3) is 0 Å². The Kier molecular flexibility index (Phi) is 4.51. The van der Waals surface area contributed by atoms with E-state index in [0.717, 1.165) is 0 Å². The first kappa shape index (κ1) is 13.0. The number of anilines is 1. The van der Waals surface area contributed by atoms with E-state index in [2.05, 4.69) is 5.32 Å². The van der Waals surface area contributed by atoms with Crippen LogP contribution in [0.2, 0.25) is 0 Å². The van der Waals surface area contributed by atoms with Crippen LogP contribution in [0, 0.1) is 0 Å². The second-order valence-electron chi connectivity index (χ2n) is 3.56. The largest absolute Gasteiger partial charge is 0.479 e. The molecule has 0 fully saturated rings. The van der Waals surface area contributed by atoms with Gasteiger partial charge >= 0.3 is 5.97 Å². The first-order valence-corrected chi connectivity index (χ1v) is 5.30. The standard InChI is InChI=1S/C12H15NO4/c1-3-11(12(15)16)17-10-6-4-5-9(7-10)13-8(2)14/h4-7,11H,3H2,1-2H3,(H,13,14)(H,15,16). The summed E-state index contributed by atoms with van der Waals surface area (Å²) in [6, 6.07) is 6.63. The van der Waals surface area contributed by atoms with Gasteiger partial charge in [-0.1, -0.05) is 13.0 Å². The molecule has 1 aromatic rings. The van der Waals surface area contributed by atoms with Crippen LogP contribution >= 0.6 is 0 Å². The molecule has 0 saturated heterocycles. The molecule has 1 amide bonds. The minimum Gasteiger partial charge on any atom is -0.479 e. The van der Waals surface area contributed by atoms with E-state index in [-0.39, 0.29) is 5.91 Å². The van der Waals surface area contributed by atoms with Crippen LogP contribution < -0.4 is 10.1 Å². The highest BCUT2D eigenvalue weighted by molar-refractivity contribution is 5.88. The fourth-order valence-corrected chi connectivity index (χ4v) is 1.32. The Morgan fingerprint density at radius 3 is 2.71 bits per heavy atom. The number of amides is 1. The third-order valence-corrected chi connectivity index (χ3v) is 2.08. The lowest BCUT2D eigenvalue weighted by molar-refractivity contribution is -0.145. The number of carbonyl (C=O) groups excluding carboxylic acids is 1. The molecular formula is C12H15NO4. The number of hydrogen-bond acceptors (Lipinski definition) is 3. The highest BCUT2D eigenvalue weighted by atomic mass is 16.5. The molecule has 5 heteroatoms. The van der Waals surface area contributed by atoms with Crippen LogP contribution in [0.4, 0.5) is 5.69 Å². The van der Waals surface area contributed by atoms with E-state index in [4.69, 9.17) is 9.84 Å². The molecule has 17 heavy (non-hydrogen) atoms. The molecule has 0 bridgehead atoms. The molecule has 0 saturated carbocycles. The van der Waals surface area contributed by atoms with Crippen molar-refractivity contribution in [3.8, 4) is 5.75 Å². The van der Waals surface area contributed by atoms with E-state index in [9.17, 15) is 9.59 Å². The van der Waals surface area contributed by atoms with Crippen molar-refractivity contribution in [2.75, 3.05) is 5.32 Å². The van der Waals surface area contributed by atoms with Gasteiger partial charge in [0.15, 0.2) is 6.10 Å². The Bertz CT molecular complexity index is 417. The molecule has 1 rings (SSSR count). The maximum Gasteiger partial charge on any atom is 0.344 e. The minimum atomic E-state index is -1.00. The number of carbonyl (C=O) groups is 2. The molecule has 0 aromatic heterocycles. The van der Waals surface area contributed by atoms with E-state index < -0.39 is 12.1 Å². The summed E-state index contributed by atoms with van der Waals surface area (Å²) in [6.07, 6.45) is -0.498. The van der Waals surface area contributed by atoms with Crippen molar-refractivity contribution in [1.82, 2.24) is 0 Å². The van der Waals surface area contributed by atoms with Crippen LogP contribution in [0.1, 0.15) is 20.3 Å². The molecule has 0 aliphatic carbocycles. The second-order valence-corrected chi connectivity index (χ2v) is 3.56. The molecule has 92 valence electrons. The Morgan fingerprint density at radius 2 is 2.18 bits per heavy atom. The van der Waals surface area contributed by atoms with Gasteiger partial charge in [-0.05, 0) is 18.6 Å². The average molecular weight is 237 g/mol. The predicted molar refractivity (Wildman–Crippen MR) is 63.1 cm³/mol. The molecule has 5 nitrogen and oxygen atoms in total. The third-order valence-electron chi connectivity index (χ3n) is 2.08. The van der Waals surface area contributed by atoms with Gasteiger partial charge in [0.2, 0.25) is 5.91 Å². The smallest absolute Gasteiger partial charge is 0.344 e. The summed E-state index contributed by atoms with van der Waals surface area (Å²) in [5.74, 6) is -0.768. The zero-order chi connectivity index (χ0) is 12.8. The van der Waals surface area contributed by atoms with Crippen LogP contribution in [0.5, 0.6) is 5.75 Å². The number of hydrogen-bond donors (Lipinski definition) is 2. The highest BCUT2D eigenvalue weighted by Crippen LogP contribution is 2.19. The topological polar surface area (TPSA) is 75.6 Å². The summed E-state index contributed by atoms with van der Waals surface area (Å²) >= 11 is 0. The zero-order valence-corrected chi connectivity index (χ0v) is 9.77. The number of benzene rings is 1. The fraction of sp³-hybridized carbons (Fsp3) is 0.333. The van der Waals surface area contributed by atoms with E-state index in [0.29, 0.717) is 17.9 Å². The van der Waals surface area contributed by atoms with Gasteiger partial charge in [-0.15, -0.1) is 0 Å². The van der Waals surface area contributed by atoms with Crippen LogP contribution in [-0.2, 0) is 9.59 Å². The Balaban J connectivity index is 2.77. The van der Waals surface area contributed by atoms with Crippen molar-refractivity contribution >= 4 is 17.6 Å². The maximum absolute atomic E-state index is 10.9. The number of rotatable bonds is 5. The van der Waals surface area contributed by atoms with Crippen molar-refractivity contribution in [1.29, 1.82) is 0 Å². The van der Waals surface area contributed by atoms with Crippen LogP contribution in [0.15, 0.2) is 24.3 Å². The highest BCUT2D eigenvalue weighted by Gasteiger charge is 2.16. The van der Waals surface area contributed by atoms with Crippen molar-refractivity contribution < 1.29 is 19.4 Å². The predicted octanol–water partition coefficient (Wildman–Crippen LogP) is 1.89. The summed E-state index contributed by atoms with van der Waals surface area (Å²) in [5.41, 5.74) is 0.579. The fourth-order valence-electron chi connectivity index (χ4n) is 1.32. The average Bonchev–Trinajstić information content (AvgIpc) is 2.25. The number of nitrogens with one attached hydrogen (secondary N) is 1. The summed E-state index contributed by atoms with van der Waals surface area (Å²) in [5, 5.41) is 11.5. The summed E-state index contributed by atoms with van der Waals surface area (Å²) in [4.78, 5) is 21.7. The molecule has 0 aliphatic rings. The Hall–Kier alpha value is -2.04. The molecule has 0 aliphatic heterocycles. The van der Waals surface area contributed by atoms with E-state index >= 15 is 0 Å². The first-order valence-electron chi connectivity index (χ1n) is 5.30. The molecule has 0 heterocycles. The third kappa shape index (κ3) is 4.14. The quantitative estimate of drug-likeness (QED) is 0.819. The van der Waals surface area contributed by atoms with Gasteiger partial charge in [0, 0.05) is 18.7 Å². The normalized spacial score (nSPS) is 11.6. The summed E-state index contributed by atoms with van der Waals surface area (Å²) < 4.78 is 5.30. The number of aliphatic carboxylic acids is 1.